The average molecular weight is 334 g/mol. The zero-order valence-corrected chi connectivity index (χ0v) is 13.0. The minimum atomic E-state index is -0.897. The number of carboxylic acids is 1. The molecule has 20 heavy (non-hydrogen) atoms. The van der Waals surface area contributed by atoms with Gasteiger partial charge >= 0.3 is 5.97 Å². The lowest BCUT2D eigenvalue weighted by molar-refractivity contribution is 0.0697. The Morgan fingerprint density at radius 1 is 1.20 bits per heavy atom. The Kier molecular flexibility index (Phi) is 4.45. The number of aryl methyl sites for hydroxylation is 1. The van der Waals surface area contributed by atoms with Crippen molar-refractivity contribution in [3.8, 4) is 0 Å². The highest BCUT2D eigenvalue weighted by atomic mass is 79.9. The Bertz CT molecular complexity index is 623. The van der Waals surface area contributed by atoms with E-state index in [0.29, 0.717) is 12.1 Å². The number of halogens is 1. The van der Waals surface area contributed by atoms with E-state index >= 15 is 0 Å². The molecule has 0 atom stereocenters. The van der Waals surface area contributed by atoms with Crippen molar-refractivity contribution in [2.24, 2.45) is 0 Å². The summed E-state index contributed by atoms with van der Waals surface area (Å²) in [6, 6.07) is 13.4. The average Bonchev–Trinajstić information content (AvgIpc) is 2.40. The van der Waals surface area contributed by atoms with Crippen molar-refractivity contribution in [1.82, 2.24) is 0 Å². The third-order valence-electron chi connectivity index (χ3n) is 3.18. The molecule has 0 heterocycles. The van der Waals surface area contributed by atoms with E-state index in [1.165, 1.54) is 0 Å². The van der Waals surface area contributed by atoms with Crippen LogP contribution >= 0.6 is 15.9 Å². The molecule has 104 valence electrons. The van der Waals surface area contributed by atoms with Crippen molar-refractivity contribution in [2.75, 3.05) is 11.9 Å². The van der Waals surface area contributed by atoms with Gasteiger partial charge in [-0.3, -0.25) is 0 Å². The molecule has 0 unspecified atom stereocenters. The topological polar surface area (TPSA) is 40.5 Å². The Balaban J connectivity index is 2.31. The first-order valence-corrected chi connectivity index (χ1v) is 7.07. The van der Waals surface area contributed by atoms with Crippen molar-refractivity contribution >= 4 is 27.6 Å². The maximum atomic E-state index is 11.3. The second-order valence-electron chi connectivity index (χ2n) is 4.76. The fourth-order valence-corrected chi connectivity index (χ4v) is 2.55. The summed E-state index contributed by atoms with van der Waals surface area (Å²) in [4.78, 5) is 13.3. The number of carbonyl (C=O) groups is 1. The maximum Gasteiger partial charge on any atom is 0.337 e. The van der Waals surface area contributed by atoms with Gasteiger partial charge in [-0.15, -0.1) is 0 Å². The van der Waals surface area contributed by atoms with Gasteiger partial charge in [0.25, 0.3) is 0 Å². The van der Waals surface area contributed by atoms with Gasteiger partial charge in [0, 0.05) is 18.1 Å². The molecule has 0 aliphatic rings. The van der Waals surface area contributed by atoms with E-state index in [0.717, 1.165) is 21.3 Å². The lowest BCUT2D eigenvalue weighted by atomic mass is 10.1. The Morgan fingerprint density at radius 2 is 1.85 bits per heavy atom. The summed E-state index contributed by atoms with van der Waals surface area (Å²) in [5, 5.41) is 9.31. The molecular weight excluding hydrogens is 318 g/mol. The standard InChI is InChI=1S/C16H16BrNO2/c1-11-4-3-5-14(16(19)20)15(11)18(2)10-12-6-8-13(17)9-7-12/h3-9H,10H2,1-2H3,(H,19,20). The third kappa shape index (κ3) is 3.20. The summed E-state index contributed by atoms with van der Waals surface area (Å²) in [6.45, 7) is 2.60. The number of benzene rings is 2. The van der Waals surface area contributed by atoms with Gasteiger partial charge < -0.3 is 10.0 Å². The minimum Gasteiger partial charge on any atom is -0.478 e. The van der Waals surface area contributed by atoms with Gasteiger partial charge in [-0.1, -0.05) is 40.2 Å². The SMILES string of the molecule is Cc1cccc(C(=O)O)c1N(C)Cc1ccc(Br)cc1. The van der Waals surface area contributed by atoms with Crippen LogP contribution in [0.25, 0.3) is 0 Å². The molecule has 0 saturated heterocycles. The second-order valence-corrected chi connectivity index (χ2v) is 5.67. The van der Waals surface area contributed by atoms with Gasteiger partial charge in [0.2, 0.25) is 0 Å². The molecule has 0 aliphatic carbocycles. The van der Waals surface area contributed by atoms with E-state index in [9.17, 15) is 9.90 Å². The van der Waals surface area contributed by atoms with E-state index < -0.39 is 5.97 Å². The number of hydrogen-bond donors (Lipinski definition) is 1. The van der Waals surface area contributed by atoms with E-state index in [4.69, 9.17) is 0 Å². The number of nitrogens with zero attached hydrogens (tertiary/aromatic N) is 1. The summed E-state index contributed by atoms with van der Waals surface area (Å²) in [5.74, 6) is -0.897. The first-order valence-electron chi connectivity index (χ1n) is 6.27. The molecule has 0 bridgehead atoms. The molecule has 2 aromatic rings. The Morgan fingerprint density at radius 3 is 2.45 bits per heavy atom. The first kappa shape index (κ1) is 14.6. The number of aromatic carboxylic acids is 1. The van der Waals surface area contributed by atoms with Crippen LogP contribution in [0.15, 0.2) is 46.9 Å². The van der Waals surface area contributed by atoms with Gasteiger partial charge in [-0.2, -0.15) is 0 Å². The summed E-state index contributed by atoms with van der Waals surface area (Å²) in [7, 11) is 1.91. The fraction of sp³-hybridized carbons (Fsp3) is 0.188. The highest BCUT2D eigenvalue weighted by Gasteiger charge is 2.15. The van der Waals surface area contributed by atoms with Crippen molar-refractivity contribution < 1.29 is 9.90 Å². The smallest absolute Gasteiger partial charge is 0.337 e. The van der Waals surface area contributed by atoms with Crippen molar-refractivity contribution in [1.29, 1.82) is 0 Å². The third-order valence-corrected chi connectivity index (χ3v) is 3.71. The molecule has 1 N–H and O–H groups in total. The number of carboxylic acid groups (broad SMARTS) is 1. The molecule has 4 heteroatoms. The molecule has 0 fully saturated rings. The molecule has 0 aromatic heterocycles. The van der Waals surface area contributed by atoms with E-state index in [1.807, 2.05) is 49.2 Å². The Hall–Kier alpha value is -1.81. The van der Waals surface area contributed by atoms with Crippen LogP contribution in [0.4, 0.5) is 5.69 Å². The normalized spacial score (nSPS) is 10.3. The van der Waals surface area contributed by atoms with E-state index in [1.54, 1.807) is 12.1 Å². The van der Waals surface area contributed by atoms with Gasteiger partial charge in [-0.05, 0) is 36.2 Å². The zero-order chi connectivity index (χ0) is 14.7. The molecule has 2 rings (SSSR count). The monoisotopic (exact) mass is 333 g/mol. The van der Waals surface area contributed by atoms with Crippen LogP contribution in [0.1, 0.15) is 21.5 Å². The second kappa shape index (κ2) is 6.09. The lowest BCUT2D eigenvalue weighted by Gasteiger charge is -2.23. The summed E-state index contributed by atoms with van der Waals surface area (Å²) >= 11 is 3.41. The first-order chi connectivity index (χ1) is 9.49. The highest BCUT2D eigenvalue weighted by molar-refractivity contribution is 9.10. The number of rotatable bonds is 4. The predicted octanol–water partition coefficient (Wildman–Crippen LogP) is 4.09. The lowest BCUT2D eigenvalue weighted by Crippen LogP contribution is -2.20. The van der Waals surface area contributed by atoms with Gasteiger partial charge in [0.15, 0.2) is 0 Å². The molecule has 0 aliphatic heterocycles. The predicted molar refractivity (Wildman–Crippen MR) is 84.4 cm³/mol. The van der Waals surface area contributed by atoms with Crippen LogP contribution in [0.3, 0.4) is 0 Å². The van der Waals surface area contributed by atoms with Crippen LogP contribution in [-0.2, 0) is 6.54 Å². The number of anilines is 1. The van der Waals surface area contributed by atoms with Gasteiger partial charge in [-0.25, -0.2) is 4.79 Å². The summed E-state index contributed by atoms with van der Waals surface area (Å²) in [6.07, 6.45) is 0. The largest absolute Gasteiger partial charge is 0.478 e. The highest BCUT2D eigenvalue weighted by Crippen LogP contribution is 2.26. The van der Waals surface area contributed by atoms with Crippen LogP contribution in [0, 0.1) is 6.92 Å². The van der Waals surface area contributed by atoms with Crippen molar-refractivity contribution in [3.05, 3.63) is 63.6 Å². The number of para-hydroxylation sites is 1. The van der Waals surface area contributed by atoms with Crippen LogP contribution < -0.4 is 4.90 Å². The van der Waals surface area contributed by atoms with E-state index in [2.05, 4.69) is 15.9 Å². The molecule has 0 saturated carbocycles. The molecule has 0 amide bonds. The molecule has 2 aromatic carbocycles. The maximum absolute atomic E-state index is 11.3. The molecule has 3 nitrogen and oxygen atoms in total. The molecule has 0 radical (unpaired) electrons. The molecular formula is C16H16BrNO2. The number of hydrogen-bond acceptors (Lipinski definition) is 2. The summed E-state index contributed by atoms with van der Waals surface area (Å²) in [5.41, 5.74) is 3.20. The quantitative estimate of drug-likeness (QED) is 0.915. The van der Waals surface area contributed by atoms with Crippen LogP contribution in [-0.4, -0.2) is 18.1 Å². The minimum absolute atomic E-state index is 0.338. The van der Waals surface area contributed by atoms with Gasteiger partial charge in [0.1, 0.15) is 0 Å². The van der Waals surface area contributed by atoms with E-state index in [-0.39, 0.29) is 0 Å². The van der Waals surface area contributed by atoms with Crippen LogP contribution in [0.5, 0.6) is 0 Å². The van der Waals surface area contributed by atoms with Gasteiger partial charge in [0.05, 0.1) is 11.3 Å². The Labute approximate surface area is 127 Å². The van der Waals surface area contributed by atoms with Crippen molar-refractivity contribution in [3.63, 3.8) is 0 Å². The van der Waals surface area contributed by atoms with Crippen LogP contribution in [0.2, 0.25) is 0 Å². The fourth-order valence-electron chi connectivity index (χ4n) is 2.28. The summed E-state index contributed by atoms with van der Waals surface area (Å²) < 4.78 is 1.03. The van der Waals surface area contributed by atoms with Crippen molar-refractivity contribution in [2.45, 2.75) is 13.5 Å². The zero-order valence-electron chi connectivity index (χ0n) is 11.4. The molecule has 0 spiro atoms.